The van der Waals surface area contributed by atoms with E-state index in [1.807, 2.05) is 39.0 Å². The molecule has 0 fully saturated rings. The smallest absolute Gasteiger partial charge is 0.236 e. The molecule has 1 N–H and O–H groups in total. The number of pyridine rings is 1. The Morgan fingerprint density at radius 2 is 2.04 bits per heavy atom. The summed E-state index contributed by atoms with van der Waals surface area (Å²) in [4.78, 5) is 16.7. The Morgan fingerprint density at radius 1 is 1.27 bits per heavy atom. The number of hydrogen-bond donors (Lipinski definition) is 1. The molecule has 0 bridgehead atoms. The molecule has 1 amide bonds. The number of carbonyl (C=O) groups is 1. The summed E-state index contributed by atoms with van der Waals surface area (Å²) in [5.74, 6) is -0.0429. The van der Waals surface area contributed by atoms with Gasteiger partial charge in [0.1, 0.15) is 16.1 Å². The first kappa shape index (κ1) is 18.3. The van der Waals surface area contributed by atoms with Crippen molar-refractivity contribution in [1.82, 2.24) is 15.2 Å². The van der Waals surface area contributed by atoms with Gasteiger partial charge in [-0.05, 0) is 49.6 Å². The van der Waals surface area contributed by atoms with E-state index in [9.17, 15) is 10.1 Å². The lowest BCUT2D eigenvalue weighted by molar-refractivity contribution is -0.113. The van der Waals surface area contributed by atoms with E-state index in [-0.39, 0.29) is 11.7 Å². The number of hydrogen-bond acceptors (Lipinski definition) is 7. The Bertz CT molecular complexity index is 1020. The van der Waals surface area contributed by atoms with E-state index < -0.39 is 0 Å². The highest BCUT2D eigenvalue weighted by molar-refractivity contribution is 8.00. The van der Waals surface area contributed by atoms with Crippen LogP contribution in [-0.4, -0.2) is 26.8 Å². The second kappa shape index (κ2) is 7.81. The number of nitrogens with zero attached hydrogens (tertiary/aromatic N) is 4. The van der Waals surface area contributed by atoms with Gasteiger partial charge in [-0.1, -0.05) is 30.0 Å². The first-order chi connectivity index (χ1) is 12.5. The Labute approximate surface area is 159 Å². The summed E-state index contributed by atoms with van der Waals surface area (Å²) in [5.41, 5.74) is 3.60. The zero-order valence-electron chi connectivity index (χ0n) is 14.7. The monoisotopic (exact) mass is 383 g/mol. The van der Waals surface area contributed by atoms with Crippen molar-refractivity contribution < 1.29 is 4.79 Å². The number of benzene rings is 1. The van der Waals surface area contributed by atoms with Crippen molar-refractivity contribution in [2.24, 2.45) is 0 Å². The number of aryl methyl sites for hydroxylation is 3. The van der Waals surface area contributed by atoms with E-state index in [1.165, 1.54) is 23.1 Å². The van der Waals surface area contributed by atoms with E-state index in [1.54, 1.807) is 0 Å². The summed E-state index contributed by atoms with van der Waals surface area (Å²) >= 11 is 2.61. The molecule has 0 atom stereocenters. The second-order valence-electron chi connectivity index (χ2n) is 5.77. The van der Waals surface area contributed by atoms with E-state index in [4.69, 9.17) is 0 Å². The molecule has 3 aromatic rings. The first-order valence-corrected chi connectivity index (χ1v) is 9.87. The summed E-state index contributed by atoms with van der Waals surface area (Å²) in [6.45, 7) is 6.05. The molecule has 0 unspecified atom stereocenters. The number of anilines is 1. The summed E-state index contributed by atoms with van der Waals surface area (Å²) in [7, 11) is 0. The van der Waals surface area contributed by atoms with Crippen LogP contribution in [0.15, 0.2) is 23.2 Å². The normalized spacial score (nSPS) is 10.7. The van der Waals surface area contributed by atoms with Crippen LogP contribution in [0.4, 0.5) is 5.13 Å². The van der Waals surface area contributed by atoms with Gasteiger partial charge in [0.2, 0.25) is 11.0 Å². The molecule has 0 aliphatic carbocycles. The maximum absolute atomic E-state index is 12.1. The number of nitrogens with one attached hydrogen (secondary N) is 1. The molecule has 132 valence electrons. The van der Waals surface area contributed by atoms with Crippen molar-refractivity contribution in [2.75, 3.05) is 11.1 Å². The van der Waals surface area contributed by atoms with Crippen molar-refractivity contribution >= 4 is 45.0 Å². The standard InChI is InChI=1S/C18H17N5OS2/c1-4-16-22-23-18(26-16)21-15(24)9-25-17-13(8-19)7-12-5-10(2)11(3)6-14(12)20-17/h5-7H,4,9H2,1-3H3,(H,21,23,24). The second-order valence-corrected chi connectivity index (χ2v) is 7.80. The zero-order valence-corrected chi connectivity index (χ0v) is 16.3. The lowest BCUT2D eigenvalue weighted by atomic mass is 10.1. The highest BCUT2D eigenvalue weighted by atomic mass is 32.2. The summed E-state index contributed by atoms with van der Waals surface area (Å²) in [6.07, 6.45) is 0.785. The number of fused-ring (bicyclic) bond motifs is 1. The molecule has 0 radical (unpaired) electrons. The molecular weight excluding hydrogens is 366 g/mol. The Balaban J connectivity index is 1.76. The molecule has 1 aromatic carbocycles. The van der Waals surface area contributed by atoms with Crippen LogP contribution >= 0.6 is 23.1 Å². The average Bonchev–Trinajstić information content (AvgIpc) is 3.08. The summed E-state index contributed by atoms with van der Waals surface area (Å²) in [5, 5.41) is 22.9. The predicted molar refractivity (Wildman–Crippen MR) is 105 cm³/mol. The van der Waals surface area contributed by atoms with Crippen molar-refractivity contribution in [3.63, 3.8) is 0 Å². The quantitative estimate of drug-likeness (QED) is 0.673. The molecule has 0 aliphatic rings. The molecular formula is C18H17N5OS2. The van der Waals surface area contributed by atoms with E-state index in [0.717, 1.165) is 33.5 Å². The van der Waals surface area contributed by atoms with Gasteiger partial charge in [-0.25, -0.2) is 4.98 Å². The van der Waals surface area contributed by atoms with Gasteiger partial charge >= 0.3 is 0 Å². The lowest BCUT2D eigenvalue weighted by Gasteiger charge is -2.08. The van der Waals surface area contributed by atoms with Gasteiger partial charge in [0.15, 0.2) is 0 Å². The molecule has 0 aliphatic heterocycles. The van der Waals surface area contributed by atoms with Crippen molar-refractivity contribution in [3.8, 4) is 6.07 Å². The predicted octanol–water partition coefficient (Wildman–Crippen LogP) is 3.87. The summed E-state index contributed by atoms with van der Waals surface area (Å²) < 4.78 is 0. The molecule has 8 heteroatoms. The summed E-state index contributed by atoms with van der Waals surface area (Å²) in [6, 6.07) is 8.03. The van der Waals surface area contributed by atoms with Gasteiger partial charge in [0, 0.05) is 5.39 Å². The SMILES string of the molecule is CCc1nnc(NC(=O)CSc2nc3cc(C)c(C)cc3cc2C#N)s1. The van der Waals surface area contributed by atoms with Gasteiger partial charge in [0.05, 0.1) is 16.8 Å². The van der Waals surface area contributed by atoms with Crippen LogP contribution in [0, 0.1) is 25.2 Å². The highest BCUT2D eigenvalue weighted by Crippen LogP contribution is 2.26. The number of nitriles is 1. The van der Waals surface area contributed by atoms with Crippen LogP contribution in [0.2, 0.25) is 0 Å². The van der Waals surface area contributed by atoms with Gasteiger partial charge in [-0.15, -0.1) is 10.2 Å². The maximum atomic E-state index is 12.1. The van der Waals surface area contributed by atoms with Gasteiger partial charge in [0.25, 0.3) is 0 Å². The largest absolute Gasteiger partial charge is 0.300 e. The van der Waals surface area contributed by atoms with Gasteiger partial charge in [-0.3, -0.25) is 10.1 Å². The van der Waals surface area contributed by atoms with E-state index >= 15 is 0 Å². The van der Waals surface area contributed by atoms with Crippen molar-refractivity contribution in [1.29, 1.82) is 5.26 Å². The first-order valence-electron chi connectivity index (χ1n) is 8.07. The fraction of sp³-hybridized carbons (Fsp3) is 0.278. The third kappa shape index (κ3) is 4.00. The van der Waals surface area contributed by atoms with Crippen LogP contribution < -0.4 is 5.32 Å². The van der Waals surface area contributed by atoms with Gasteiger partial charge in [-0.2, -0.15) is 5.26 Å². The molecule has 2 aromatic heterocycles. The third-order valence-electron chi connectivity index (χ3n) is 3.87. The number of rotatable bonds is 5. The average molecular weight is 384 g/mol. The minimum atomic E-state index is -0.195. The Kier molecular flexibility index (Phi) is 5.49. The van der Waals surface area contributed by atoms with Gasteiger partial charge < -0.3 is 0 Å². The molecule has 3 rings (SSSR count). The Hall–Kier alpha value is -2.50. The fourth-order valence-corrected chi connectivity index (χ4v) is 3.81. The highest BCUT2D eigenvalue weighted by Gasteiger charge is 2.12. The van der Waals surface area contributed by atoms with Crippen molar-refractivity contribution in [3.05, 3.63) is 39.9 Å². The maximum Gasteiger partial charge on any atom is 0.236 e. The van der Waals surface area contributed by atoms with E-state index in [2.05, 4.69) is 26.6 Å². The van der Waals surface area contributed by atoms with Crippen LogP contribution in [0.25, 0.3) is 10.9 Å². The number of carbonyl (C=O) groups excluding carboxylic acids is 1. The Morgan fingerprint density at radius 3 is 2.73 bits per heavy atom. The number of thioether (sulfide) groups is 1. The zero-order chi connectivity index (χ0) is 18.7. The molecule has 0 spiro atoms. The van der Waals surface area contributed by atoms with Crippen LogP contribution in [0.5, 0.6) is 0 Å². The number of aromatic nitrogens is 3. The lowest BCUT2D eigenvalue weighted by Crippen LogP contribution is -2.14. The van der Waals surface area contributed by atoms with E-state index in [0.29, 0.717) is 15.7 Å². The van der Waals surface area contributed by atoms with Crippen LogP contribution in [0.1, 0.15) is 28.6 Å². The molecule has 0 saturated heterocycles. The minimum Gasteiger partial charge on any atom is -0.300 e. The number of amides is 1. The minimum absolute atomic E-state index is 0.152. The van der Waals surface area contributed by atoms with Crippen LogP contribution in [-0.2, 0) is 11.2 Å². The fourth-order valence-electron chi connectivity index (χ4n) is 2.35. The molecule has 6 nitrogen and oxygen atoms in total. The molecule has 26 heavy (non-hydrogen) atoms. The van der Waals surface area contributed by atoms with Crippen LogP contribution in [0.3, 0.4) is 0 Å². The third-order valence-corrected chi connectivity index (χ3v) is 5.85. The van der Waals surface area contributed by atoms with Crippen molar-refractivity contribution in [2.45, 2.75) is 32.2 Å². The molecule has 2 heterocycles. The topological polar surface area (TPSA) is 91.6 Å². The molecule has 0 saturated carbocycles.